The molecular formula is C13H21N3. The van der Waals surface area contributed by atoms with E-state index in [1.165, 1.54) is 38.6 Å². The molecule has 3 unspecified atom stereocenters. The van der Waals surface area contributed by atoms with Gasteiger partial charge in [-0.2, -0.15) is 5.26 Å². The summed E-state index contributed by atoms with van der Waals surface area (Å²) < 4.78 is 0. The van der Waals surface area contributed by atoms with Gasteiger partial charge in [-0.05, 0) is 51.0 Å². The molecule has 16 heavy (non-hydrogen) atoms. The average Bonchev–Trinajstić information content (AvgIpc) is 2.97. The van der Waals surface area contributed by atoms with Gasteiger partial charge in [0.05, 0.1) is 6.07 Å². The first kappa shape index (κ1) is 10.6. The van der Waals surface area contributed by atoms with Crippen molar-refractivity contribution in [2.24, 2.45) is 11.8 Å². The molecule has 1 aliphatic heterocycles. The maximum atomic E-state index is 9.48. The first-order valence-electron chi connectivity index (χ1n) is 6.61. The predicted molar refractivity (Wildman–Crippen MR) is 62.8 cm³/mol. The second-order valence-corrected chi connectivity index (χ2v) is 5.87. The van der Waals surface area contributed by atoms with Crippen molar-refractivity contribution in [2.45, 2.75) is 43.7 Å². The van der Waals surface area contributed by atoms with Crippen LogP contribution >= 0.6 is 0 Å². The molecule has 3 nitrogen and oxygen atoms in total. The van der Waals surface area contributed by atoms with Crippen LogP contribution in [0, 0.1) is 23.2 Å². The van der Waals surface area contributed by atoms with Crippen LogP contribution in [-0.2, 0) is 0 Å². The number of hydrogen-bond acceptors (Lipinski definition) is 3. The largest absolute Gasteiger partial charge is 0.301 e. The Kier molecular flexibility index (Phi) is 2.45. The van der Waals surface area contributed by atoms with Crippen LogP contribution in [0.4, 0.5) is 0 Å². The van der Waals surface area contributed by atoms with Crippen LogP contribution in [0.3, 0.4) is 0 Å². The third kappa shape index (κ3) is 1.56. The van der Waals surface area contributed by atoms with Gasteiger partial charge in [-0.3, -0.25) is 4.90 Å². The van der Waals surface area contributed by atoms with Crippen molar-refractivity contribution in [1.29, 1.82) is 5.26 Å². The molecule has 0 aromatic carbocycles. The summed E-state index contributed by atoms with van der Waals surface area (Å²) in [6, 6.07) is 3.34. The number of hydrogen-bond donors (Lipinski definition) is 1. The molecule has 3 heteroatoms. The van der Waals surface area contributed by atoms with Gasteiger partial charge >= 0.3 is 0 Å². The van der Waals surface area contributed by atoms with E-state index >= 15 is 0 Å². The molecule has 1 saturated heterocycles. The minimum Gasteiger partial charge on any atom is -0.301 e. The van der Waals surface area contributed by atoms with Gasteiger partial charge in [0.2, 0.25) is 0 Å². The number of fused-ring (bicyclic) bond motifs is 2. The average molecular weight is 219 g/mol. The lowest BCUT2D eigenvalue weighted by atomic mass is 9.93. The predicted octanol–water partition coefficient (Wildman–Crippen LogP) is 1.36. The third-order valence-corrected chi connectivity index (χ3v) is 4.90. The number of likely N-dealkylation sites (tertiary alicyclic amines) is 1. The number of nitrogens with one attached hydrogen (secondary N) is 1. The molecule has 3 rings (SSSR count). The quantitative estimate of drug-likeness (QED) is 0.776. The van der Waals surface area contributed by atoms with Gasteiger partial charge in [-0.25, -0.2) is 0 Å². The maximum Gasteiger partial charge on any atom is 0.122 e. The Morgan fingerprint density at radius 1 is 1.38 bits per heavy atom. The standard InChI is InChI=1S/C13H21N3/c1-15-13(8-14,11-3-4-11)9-16-7-10-2-5-12(16)6-10/h10-12,15H,2-7,9H2,1H3. The summed E-state index contributed by atoms with van der Waals surface area (Å²) in [6.45, 7) is 2.19. The lowest BCUT2D eigenvalue weighted by Crippen LogP contribution is -2.54. The molecule has 0 aromatic heterocycles. The number of rotatable bonds is 4. The molecule has 0 radical (unpaired) electrons. The number of nitriles is 1. The molecule has 2 aliphatic carbocycles. The molecule has 1 N–H and O–H groups in total. The number of likely N-dealkylation sites (N-methyl/N-ethyl adjacent to an activating group) is 1. The highest BCUT2D eigenvalue weighted by Gasteiger charge is 2.48. The Bertz CT molecular complexity index is 318. The fourth-order valence-electron chi connectivity index (χ4n) is 3.71. The third-order valence-electron chi connectivity index (χ3n) is 4.90. The summed E-state index contributed by atoms with van der Waals surface area (Å²) in [5.41, 5.74) is -0.259. The first-order chi connectivity index (χ1) is 7.77. The lowest BCUT2D eigenvalue weighted by molar-refractivity contribution is 0.162. The summed E-state index contributed by atoms with van der Waals surface area (Å²) >= 11 is 0. The summed E-state index contributed by atoms with van der Waals surface area (Å²) in [6.07, 6.45) is 6.63. The molecule has 1 heterocycles. The second-order valence-electron chi connectivity index (χ2n) is 5.87. The van der Waals surface area contributed by atoms with Gasteiger partial charge < -0.3 is 5.32 Å². The van der Waals surface area contributed by atoms with Crippen LogP contribution in [0.25, 0.3) is 0 Å². The highest BCUT2D eigenvalue weighted by molar-refractivity contribution is 5.17. The molecule has 3 atom stereocenters. The first-order valence-corrected chi connectivity index (χ1v) is 6.61. The van der Waals surface area contributed by atoms with Gasteiger partial charge in [0, 0.05) is 19.1 Å². The molecule has 2 saturated carbocycles. The fourth-order valence-corrected chi connectivity index (χ4v) is 3.71. The van der Waals surface area contributed by atoms with Crippen LogP contribution < -0.4 is 5.32 Å². The van der Waals surface area contributed by atoms with Crippen LogP contribution in [0.2, 0.25) is 0 Å². The van der Waals surface area contributed by atoms with Crippen molar-refractivity contribution in [1.82, 2.24) is 10.2 Å². The van der Waals surface area contributed by atoms with E-state index in [2.05, 4.69) is 16.3 Å². The van der Waals surface area contributed by atoms with Crippen molar-refractivity contribution < 1.29 is 0 Å². The van der Waals surface area contributed by atoms with E-state index in [4.69, 9.17) is 0 Å². The van der Waals surface area contributed by atoms with Gasteiger partial charge in [0.25, 0.3) is 0 Å². The molecular weight excluding hydrogens is 198 g/mol. The fraction of sp³-hybridized carbons (Fsp3) is 0.923. The molecule has 0 spiro atoms. The van der Waals surface area contributed by atoms with Gasteiger partial charge in [0.1, 0.15) is 5.54 Å². The zero-order valence-electron chi connectivity index (χ0n) is 10.1. The molecule has 0 aromatic rings. The molecule has 2 bridgehead atoms. The number of nitrogens with zero attached hydrogens (tertiary/aromatic N) is 2. The highest BCUT2D eigenvalue weighted by atomic mass is 15.2. The van der Waals surface area contributed by atoms with Crippen molar-refractivity contribution in [2.75, 3.05) is 20.1 Å². The van der Waals surface area contributed by atoms with Crippen LogP contribution in [0.1, 0.15) is 32.1 Å². The SMILES string of the molecule is CNC(C#N)(CN1CC2CCC1C2)C1CC1. The Morgan fingerprint density at radius 3 is 2.62 bits per heavy atom. The van der Waals surface area contributed by atoms with Crippen molar-refractivity contribution in [3.8, 4) is 6.07 Å². The smallest absolute Gasteiger partial charge is 0.122 e. The van der Waals surface area contributed by atoms with Crippen molar-refractivity contribution in [3.05, 3.63) is 0 Å². The van der Waals surface area contributed by atoms with E-state index in [0.29, 0.717) is 5.92 Å². The second kappa shape index (κ2) is 3.72. The zero-order valence-corrected chi connectivity index (χ0v) is 10.1. The Hall–Kier alpha value is -0.590. The zero-order chi connectivity index (χ0) is 11.2. The van der Waals surface area contributed by atoms with E-state index in [9.17, 15) is 5.26 Å². The van der Waals surface area contributed by atoms with E-state index < -0.39 is 0 Å². The molecule has 3 fully saturated rings. The Morgan fingerprint density at radius 2 is 2.19 bits per heavy atom. The van der Waals surface area contributed by atoms with Crippen LogP contribution in [0.15, 0.2) is 0 Å². The Balaban J connectivity index is 1.70. The van der Waals surface area contributed by atoms with Gasteiger partial charge in [0.15, 0.2) is 0 Å². The van der Waals surface area contributed by atoms with Crippen molar-refractivity contribution >= 4 is 0 Å². The van der Waals surface area contributed by atoms with E-state index in [-0.39, 0.29) is 5.54 Å². The minimum atomic E-state index is -0.259. The molecule has 88 valence electrons. The Labute approximate surface area is 97.8 Å². The van der Waals surface area contributed by atoms with E-state index in [1.807, 2.05) is 7.05 Å². The van der Waals surface area contributed by atoms with E-state index in [1.54, 1.807) is 0 Å². The summed E-state index contributed by atoms with van der Waals surface area (Å²) in [4.78, 5) is 2.58. The topological polar surface area (TPSA) is 39.1 Å². The van der Waals surface area contributed by atoms with Crippen LogP contribution in [-0.4, -0.2) is 36.6 Å². The normalized spacial score (nSPS) is 37.2. The number of piperidine rings is 1. The van der Waals surface area contributed by atoms with Crippen molar-refractivity contribution in [3.63, 3.8) is 0 Å². The molecule has 0 amide bonds. The highest BCUT2D eigenvalue weighted by Crippen LogP contribution is 2.43. The minimum absolute atomic E-state index is 0.259. The maximum absolute atomic E-state index is 9.48. The van der Waals surface area contributed by atoms with Crippen LogP contribution in [0.5, 0.6) is 0 Å². The van der Waals surface area contributed by atoms with Gasteiger partial charge in [-0.15, -0.1) is 0 Å². The monoisotopic (exact) mass is 219 g/mol. The summed E-state index contributed by atoms with van der Waals surface area (Å²) in [7, 11) is 1.95. The lowest BCUT2D eigenvalue weighted by Gasteiger charge is -2.35. The van der Waals surface area contributed by atoms with Gasteiger partial charge in [-0.1, -0.05) is 0 Å². The summed E-state index contributed by atoms with van der Waals surface area (Å²) in [5.74, 6) is 1.53. The summed E-state index contributed by atoms with van der Waals surface area (Å²) in [5, 5.41) is 12.8. The van der Waals surface area contributed by atoms with E-state index in [0.717, 1.165) is 18.5 Å². The molecule has 3 aliphatic rings.